The fraction of sp³-hybridized carbons (Fsp3) is 0.333. The molecule has 0 saturated carbocycles. The predicted octanol–water partition coefficient (Wildman–Crippen LogP) is 1.05. The van der Waals surface area contributed by atoms with E-state index in [1.807, 2.05) is 0 Å². The minimum Gasteiger partial charge on any atom is -0.395 e. The van der Waals surface area contributed by atoms with Crippen molar-refractivity contribution in [3.05, 3.63) is 5.82 Å². The molecule has 0 aliphatic carbocycles. The number of carbonyl (C=O) groups excluding carboxylic acids is 1. The summed E-state index contributed by atoms with van der Waals surface area (Å²) in [5.74, 6) is 0.0842. The molecule has 1 heterocycles. The molecule has 0 amide bonds. The lowest BCUT2D eigenvalue weighted by molar-refractivity contribution is -0.106. The Labute approximate surface area is 101 Å². The summed E-state index contributed by atoms with van der Waals surface area (Å²) in [6.07, 6.45) is 0. The van der Waals surface area contributed by atoms with Crippen LogP contribution >= 0.6 is 35.5 Å². The summed E-state index contributed by atoms with van der Waals surface area (Å²) in [5.41, 5.74) is 5.20. The predicted molar refractivity (Wildman–Crippen MR) is 60.6 cm³/mol. The molecule has 1 rings (SSSR count). The highest BCUT2D eigenvalue weighted by atomic mass is 35.5. The average Bonchev–Trinajstić information content (AvgIpc) is 2.52. The van der Waals surface area contributed by atoms with Gasteiger partial charge in [-0.05, 0) is 18.5 Å². The summed E-state index contributed by atoms with van der Waals surface area (Å²) < 4.78 is 3.78. The number of nitrogen functional groups attached to an aromatic ring is 1. The van der Waals surface area contributed by atoms with Crippen LogP contribution in [0.4, 0.5) is 5.13 Å². The number of carbonyl (C=O) groups is 1. The van der Waals surface area contributed by atoms with Gasteiger partial charge in [0.05, 0.1) is 0 Å². The first-order chi connectivity index (χ1) is 6.65. The molecule has 0 bridgehead atoms. The molecular weight excluding hydrogens is 263 g/mol. The molecule has 0 aromatic carbocycles. The van der Waals surface area contributed by atoms with Gasteiger partial charge in [0.15, 0.2) is 5.13 Å². The van der Waals surface area contributed by atoms with Gasteiger partial charge in [-0.25, -0.2) is 0 Å². The van der Waals surface area contributed by atoms with Crippen LogP contribution in [0, 0.1) is 0 Å². The number of nitrogens with zero attached hydrogens (tertiary/aromatic N) is 3. The first-order valence-corrected chi connectivity index (χ1v) is 4.79. The van der Waals surface area contributed by atoms with Crippen molar-refractivity contribution in [2.45, 2.75) is 6.92 Å². The van der Waals surface area contributed by atoms with Crippen LogP contribution in [0.5, 0.6) is 0 Å². The molecule has 0 aliphatic heterocycles. The van der Waals surface area contributed by atoms with Gasteiger partial charge in [-0.3, -0.25) is 4.79 Å². The lowest BCUT2D eigenvalue weighted by Gasteiger charge is -1.95. The molecule has 6 nitrogen and oxygen atoms in total. The van der Waals surface area contributed by atoms with Crippen LogP contribution in [0.25, 0.3) is 0 Å². The highest BCUT2D eigenvalue weighted by molar-refractivity contribution is 7.09. The van der Waals surface area contributed by atoms with Gasteiger partial charge in [0.2, 0.25) is 11.5 Å². The minimum atomic E-state index is -0.781. The minimum absolute atomic E-state index is 0. The highest BCUT2D eigenvalue weighted by Crippen LogP contribution is 2.08. The van der Waals surface area contributed by atoms with Crippen LogP contribution in [0.3, 0.4) is 0 Å². The van der Waals surface area contributed by atoms with E-state index in [9.17, 15) is 4.79 Å². The molecule has 0 spiro atoms. The third-order valence-electron chi connectivity index (χ3n) is 1.12. The lowest BCUT2D eigenvalue weighted by Crippen LogP contribution is -2.12. The smallest absolute Gasteiger partial charge is 0.278 e. The molecule has 15 heavy (non-hydrogen) atoms. The van der Waals surface area contributed by atoms with E-state index in [1.165, 1.54) is 0 Å². The van der Waals surface area contributed by atoms with E-state index in [1.54, 1.807) is 6.92 Å². The zero-order valence-electron chi connectivity index (χ0n) is 7.64. The van der Waals surface area contributed by atoms with E-state index >= 15 is 0 Å². The van der Waals surface area contributed by atoms with Crippen molar-refractivity contribution in [1.82, 2.24) is 9.36 Å². The topological polar surface area (TPSA) is 90.5 Å². The van der Waals surface area contributed by atoms with Gasteiger partial charge in [0, 0.05) is 11.5 Å². The Balaban J connectivity index is 0.00000196. The van der Waals surface area contributed by atoms with Crippen LogP contribution in [0.15, 0.2) is 5.16 Å². The Morgan fingerprint density at radius 1 is 1.73 bits per heavy atom. The second-order valence-corrected chi connectivity index (χ2v) is 3.21. The van der Waals surface area contributed by atoms with E-state index < -0.39 is 5.24 Å². The van der Waals surface area contributed by atoms with Crippen LogP contribution in [-0.4, -0.2) is 26.9 Å². The molecule has 0 radical (unpaired) electrons. The second-order valence-electron chi connectivity index (χ2n) is 2.09. The van der Waals surface area contributed by atoms with E-state index in [2.05, 4.69) is 19.4 Å². The zero-order valence-corrected chi connectivity index (χ0v) is 10.0. The van der Waals surface area contributed by atoms with Gasteiger partial charge >= 0.3 is 0 Å². The van der Waals surface area contributed by atoms with Crippen molar-refractivity contribution >= 4 is 51.6 Å². The molecule has 1 aromatic rings. The molecular formula is C6H8Cl2N4O2S. The van der Waals surface area contributed by atoms with Gasteiger partial charge in [0.25, 0.3) is 5.24 Å². The largest absolute Gasteiger partial charge is 0.395 e. The summed E-state index contributed by atoms with van der Waals surface area (Å²) in [6.45, 7) is 2.05. The number of rotatable bonds is 4. The SMILES string of the molecule is CCO/N=C(/C(=O)Cl)c1nsc(N)n1.Cl. The second kappa shape index (κ2) is 6.54. The molecule has 9 heteroatoms. The zero-order chi connectivity index (χ0) is 10.6. The van der Waals surface area contributed by atoms with Crippen molar-refractivity contribution in [3.8, 4) is 0 Å². The van der Waals surface area contributed by atoms with Crippen molar-refractivity contribution in [1.29, 1.82) is 0 Å². The quantitative estimate of drug-likeness (QED) is 0.502. The Morgan fingerprint density at radius 2 is 2.40 bits per heavy atom. The summed E-state index contributed by atoms with van der Waals surface area (Å²) in [4.78, 5) is 19.3. The fourth-order valence-electron chi connectivity index (χ4n) is 0.625. The monoisotopic (exact) mass is 270 g/mol. The van der Waals surface area contributed by atoms with E-state index in [4.69, 9.17) is 17.3 Å². The molecule has 0 atom stereocenters. The van der Waals surface area contributed by atoms with Gasteiger partial charge in [-0.2, -0.15) is 9.36 Å². The Kier molecular flexibility index (Phi) is 6.14. The summed E-state index contributed by atoms with van der Waals surface area (Å²) in [6, 6.07) is 0. The Bertz CT molecular complexity index is 368. The van der Waals surface area contributed by atoms with Crippen LogP contribution in [0.2, 0.25) is 0 Å². The van der Waals surface area contributed by atoms with Crippen molar-refractivity contribution in [2.24, 2.45) is 5.16 Å². The molecule has 0 unspecified atom stereocenters. The maximum atomic E-state index is 10.9. The first-order valence-electron chi connectivity index (χ1n) is 3.64. The first kappa shape index (κ1) is 14.1. The highest BCUT2D eigenvalue weighted by Gasteiger charge is 2.17. The number of nitrogens with two attached hydrogens (primary N) is 1. The molecule has 0 fully saturated rings. The number of anilines is 1. The third kappa shape index (κ3) is 3.98. The standard InChI is InChI=1S/C6H7ClN4O2S.ClH/c1-2-13-10-3(4(7)12)5-9-6(8)14-11-5;/h2H2,1H3,(H2,8,9,11);1H/b10-3-;. The molecule has 84 valence electrons. The van der Waals surface area contributed by atoms with Crippen LogP contribution in [0.1, 0.15) is 12.7 Å². The van der Waals surface area contributed by atoms with E-state index in [0.717, 1.165) is 11.5 Å². The fourth-order valence-corrected chi connectivity index (χ4v) is 1.18. The number of oxime groups is 1. The van der Waals surface area contributed by atoms with Gasteiger partial charge in [0.1, 0.15) is 6.61 Å². The molecule has 0 aliphatic rings. The van der Waals surface area contributed by atoms with Gasteiger partial charge < -0.3 is 10.6 Å². The van der Waals surface area contributed by atoms with E-state index in [-0.39, 0.29) is 29.1 Å². The maximum Gasteiger partial charge on any atom is 0.278 e. The molecule has 2 N–H and O–H groups in total. The Hall–Kier alpha value is -0.920. The van der Waals surface area contributed by atoms with Crippen LogP contribution in [-0.2, 0) is 9.63 Å². The molecule has 1 aromatic heterocycles. The number of halogens is 2. The maximum absolute atomic E-state index is 10.9. The summed E-state index contributed by atoms with van der Waals surface area (Å²) >= 11 is 6.21. The third-order valence-corrected chi connectivity index (χ3v) is 1.85. The van der Waals surface area contributed by atoms with Gasteiger partial charge in [-0.1, -0.05) is 5.16 Å². The van der Waals surface area contributed by atoms with Crippen molar-refractivity contribution in [2.75, 3.05) is 12.3 Å². The number of hydrogen-bond donors (Lipinski definition) is 1. The summed E-state index contributed by atoms with van der Waals surface area (Å²) in [7, 11) is 0. The normalized spacial score (nSPS) is 10.7. The Morgan fingerprint density at radius 3 is 2.80 bits per heavy atom. The van der Waals surface area contributed by atoms with Crippen LogP contribution < -0.4 is 5.73 Å². The van der Waals surface area contributed by atoms with Crippen molar-refractivity contribution in [3.63, 3.8) is 0 Å². The van der Waals surface area contributed by atoms with Crippen molar-refractivity contribution < 1.29 is 9.63 Å². The van der Waals surface area contributed by atoms with E-state index in [0.29, 0.717) is 6.61 Å². The number of aromatic nitrogens is 2. The lowest BCUT2D eigenvalue weighted by atomic mass is 10.4. The average molecular weight is 271 g/mol. The van der Waals surface area contributed by atoms with Gasteiger partial charge in [-0.15, -0.1) is 12.4 Å². The number of hydrogen-bond acceptors (Lipinski definition) is 7. The summed E-state index contributed by atoms with van der Waals surface area (Å²) in [5, 5.41) is 2.94. The molecule has 0 saturated heterocycles.